The number of hydrogen-bond donors (Lipinski definition) is 1. The highest BCUT2D eigenvalue weighted by molar-refractivity contribution is 5.39. The molecule has 1 aromatic rings. The number of ether oxygens (including phenoxy) is 1. The third-order valence-corrected chi connectivity index (χ3v) is 3.49. The Labute approximate surface area is 111 Å². The highest BCUT2D eigenvalue weighted by Crippen LogP contribution is 2.33. The molecule has 0 aromatic heterocycles. The lowest BCUT2D eigenvalue weighted by Crippen LogP contribution is -2.35. The third-order valence-electron chi connectivity index (χ3n) is 3.49. The predicted octanol–water partition coefficient (Wildman–Crippen LogP) is 3.40. The second-order valence-corrected chi connectivity index (χ2v) is 4.88. The SMILES string of the molecule is COc1ccc(C(F)(F)F)cc1CC1CCCCN1. The van der Waals surface area contributed by atoms with E-state index in [-0.39, 0.29) is 6.04 Å². The van der Waals surface area contributed by atoms with Gasteiger partial charge in [-0.05, 0) is 49.6 Å². The number of rotatable bonds is 3. The highest BCUT2D eigenvalue weighted by Gasteiger charge is 2.31. The lowest BCUT2D eigenvalue weighted by atomic mass is 9.96. The molecular weight excluding hydrogens is 255 g/mol. The van der Waals surface area contributed by atoms with E-state index in [0.717, 1.165) is 31.9 Å². The standard InChI is InChI=1S/C14H18F3NO/c1-19-13-6-5-11(14(15,16)17)8-10(13)9-12-4-2-3-7-18-12/h5-6,8,12,18H,2-4,7,9H2,1H3. The van der Waals surface area contributed by atoms with Gasteiger partial charge in [-0.3, -0.25) is 0 Å². The minimum Gasteiger partial charge on any atom is -0.496 e. The lowest BCUT2D eigenvalue weighted by molar-refractivity contribution is -0.137. The van der Waals surface area contributed by atoms with E-state index in [1.165, 1.54) is 19.2 Å². The van der Waals surface area contributed by atoms with Gasteiger partial charge in [-0.2, -0.15) is 13.2 Å². The molecular formula is C14H18F3NO. The van der Waals surface area contributed by atoms with E-state index in [2.05, 4.69) is 5.32 Å². The van der Waals surface area contributed by atoms with Crippen molar-refractivity contribution in [3.8, 4) is 5.75 Å². The normalized spacial score (nSPS) is 20.3. The minimum atomic E-state index is -4.30. The molecule has 1 heterocycles. The fourth-order valence-corrected chi connectivity index (χ4v) is 2.48. The molecule has 1 saturated heterocycles. The Hall–Kier alpha value is -1.23. The van der Waals surface area contributed by atoms with Crippen molar-refractivity contribution in [2.75, 3.05) is 13.7 Å². The molecule has 1 aliphatic heterocycles. The van der Waals surface area contributed by atoms with Gasteiger partial charge < -0.3 is 10.1 Å². The molecule has 1 fully saturated rings. The van der Waals surface area contributed by atoms with Crippen molar-refractivity contribution in [1.29, 1.82) is 0 Å². The molecule has 0 radical (unpaired) electrons. The van der Waals surface area contributed by atoms with Crippen molar-refractivity contribution in [3.05, 3.63) is 29.3 Å². The van der Waals surface area contributed by atoms with Crippen LogP contribution in [0, 0.1) is 0 Å². The number of halogens is 3. The molecule has 0 amide bonds. The first-order valence-electron chi connectivity index (χ1n) is 6.48. The zero-order chi connectivity index (χ0) is 13.9. The molecule has 0 bridgehead atoms. The fraction of sp³-hybridized carbons (Fsp3) is 0.571. The number of benzene rings is 1. The van der Waals surface area contributed by atoms with Gasteiger partial charge in [0, 0.05) is 6.04 Å². The quantitative estimate of drug-likeness (QED) is 0.911. The summed E-state index contributed by atoms with van der Waals surface area (Å²) in [6.45, 7) is 0.936. The summed E-state index contributed by atoms with van der Waals surface area (Å²) in [6, 6.07) is 3.92. The van der Waals surface area contributed by atoms with Crippen LogP contribution in [0.1, 0.15) is 30.4 Å². The Morgan fingerprint density at radius 2 is 2.11 bits per heavy atom. The van der Waals surface area contributed by atoms with Gasteiger partial charge >= 0.3 is 6.18 Å². The van der Waals surface area contributed by atoms with Gasteiger partial charge in [0.1, 0.15) is 5.75 Å². The third kappa shape index (κ3) is 3.62. The highest BCUT2D eigenvalue weighted by atomic mass is 19.4. The van der Waals surface area contributed by atoms with Crippen LogP contribution in [0.5, 0.6) is 5.75 Å². The molecule has 106 valence electrons. The Morgan fingerprint density at radius 1 is 1.32 bits per heavy atom. The summed E-state index contributed by atoms with van der Waals surface area (Å²) in [6.07, 6.45) is -0.470. The van der Waals surface area contributed by atoms with Gasteiger partial charge in [-0.25, -0.2) is 0 Å². The summed E-state index contributed by atoms with van der Waals surface area (Å²) in [7, 11) is 1.49. The molecule has 0 aliphatic carbocycles. The Kier molecular flexibility index (Phi) is 4.34. The van der Waals surface area contributed by atoms with Gasteiger partial charge in [0.15, 0.2) is 0 Å². The second-order valence-electron chi connectivity index (χ2n) is 4.88. The van der Waals surface area contributed by atoms with Gasteiger partial charge in [0.2, 0.25) is 0 Å². The van der Waals surface area contributed by atoms with Crippen LogP contribution in [-0.4, -0.2) is 19.7 Å². The van der Waals surface area contributed by atoms with E-state index < -0.39 is 11.7 Å². The van der Waals surface area contributed by atoms with Crippen molar-refractivity contribution in [1.82, 2.24) is 5.32 Å². The molecule has 1 unspecified atom stereocenters. The van der Waals surface area contributed by atoms with Crippen molar-refractivity contribution in [2.24, 2.45) is 0 Å². The molecule has 5 heteroatoms. The van der Waals surface area contributed by atoms with E-state index in [4.69, 9.17) is 4.74 Å². The molecule has 1 aromatic carbocycles. The first-order chi connectivity index (χ1) is 9.00. The Morgan fingerprint density at radius 3 is 2.68 bits per heavy atom. The fourth-order valence-electron chi connectivity index (χ4n) is 2.48. The van der Waals surface area contributed by atoms with E-state index in [1.807, 2.05) is 0 Å². The van der Waals surface area contributed by atoms with E-state index in [9.17, 15) is 13.2 Å². The lowest BCUT2D eigenvalue weighted by Gasteiger charge is -2.24. The zero-order valence-electron chi connectivity index (χ0n) is 10.9. The largest absolute Gasteiger partial charge is 0.496 e. The summed E-state index contributed by atoms with van der Waals surface area (Å²) in [5.74, 6) is 0.528. The van der Waals surface area contributed by atoms with E-state index in [1.54, 1.807) is 0 Å². The number of methoxy groups -OCH3 is 1. The smallest absolute Gasteiger partial charge is 0.416 e. The Balaban J connectivity index is 2.20. The Bertz CT molecular complexity index is 425. The van der Waals surface area contributed by atoms with Crippen LogP contribution in [0.15, 0.2) is 18.2 Å². The van der Waals surface area contributed by atoms with Crippen LogP contribution in [0.2, 0.25) is 0 Å². The average molecular weight is 273 g/mol. The average Bonchev–Trinajstić information content (AvgIpc) is 2.39. The van der Waals surface area contributed by atoms with Gasteiger partial charge in [0.25, 0.3) is 0 Å². The van der Waals surface area contributed by atoms with Crippen LogP contribution in [0.4, 0.5) is 13.2 Å². The van der Waals surface area contributed by atoms with Crippen LogP contribution in [-0.2, 0) is 12.6 Å². The molecule has 1 atom stereocenters. The molecule has 0 spiro atoms. The summed E-state index contributed by atoms with van der Waals surface area (Å²) in [4.78, 5) is 0. The molecule has 0 saturated carbocycles. The maximum atomic E-state index is 12.7. The van der Waals surface area contributed by atoms with Crippen LogP contribution in [0.3, 0.4) is 0 Å². The molecule has 1 aliphatic rings. The summed E-state index contributed by atoms with van der Waals surface area (Å²) < 4.78 is 43.3. The summed E-state index contributed by atoms with van der Waals surface area (Å²) in [5.41, 5.74) is 0.0100. The number of hydrogen-bond acceptors (Lipinski definition) is 2. The maximum Gasteiger partial charge on any atom is 0.416 e. The molecule has 2 nitrogen and oxygen atoms in total. The first-order valence-corrected chi connectivity index (χ1v) is 6.48. The van der Waals surface area contributed by atoms with Crippen LogP contribution in [0.25, 0.3) is 0 Å². The number of alkyl halides is 3. The maximum absolute atomic E-state index is 12.7. The van der Waals surface area contributed by atoms with Crippen molar-refractivity contribution < 1.29 is 17.9 Å². The van der Waals surface area contributed by atoms with Crippen molar-refractivity contribution in [3.63, 3.8) is 0 Å². The number of piperidine rings is 1. The van der Waals surface area contributed by atoms with Crippen molar-refractivity contribution in [2.45, 2.75) is 37.9 Å². The van der Waals surface area contributed by atoms with E-state index in [0.29, 0.717) is 17.7 Å². The molecule has 2 rings (SSSR count). The van der Waals surface area contributed by atoms with Crippen LogP contribution < -0.4 is 10.1 Å². The van der Waals surface area contributed by atoms with Gasteiger partial charge in [-0.15, -0.1) is 0 Å². The van der Waals surface area contributed by atoms with E-state index >= 15 is 0 Å². The predicted molar refractivity (Wildman–Crippen MR) is 67.3 cm³/mol. The molecule has 19 heavy (non-hydrogen) atoms. The molecule has 1 N–H and O–H groups in total. The number of nitrogens with one attached hydrogen (secondary N) is 1. The second kappa shape index (κ2) is 5.82. The van der Waals surface area contributed by atoms with Gasteiger partial charge in [0.05, 0.1) is 12.7 Å². The summed E-state index contributed by atoms with van der Waals surface area (Å²) >= 11 is 0. The monoisotopic (exact) mass is 273 g/mol. The van der Waals surface area contributed by atoms with Crippen molar-refractivity contribution >= 4 is 0 Å². The summed E-state index contributed by atoms with van der Waals surface area (Å²) in [5, 5.41) is 3.34. The van der Waals surface area contributed by atoms with Gasteiger partial charge in [-0.1, -0.05) is 6.42 Å². The van der Waals surface area contributed by atoms with Crippen LogP contribution >= 0.6 is 0 Å². The topological polar surface area (TPSA) is 21.3 Å². The minimum absolute atomic E-state index is 0.242. The first kappa shape index (κ1) is 14.2. The zero-order valence-corrected chi connectivity index (χ0v) is 10.9.